The topological polar surface area (TPSA) is 61.8 Å². The molecule has 126 valence electrons. The van der Waals surface area contributed by atoms with E-state index in [-0.39, 0.29) is 17.3 Å². The lowest BCUT2D eigenvalue weighted by Gasteiger charge is -2.24. The molecule has 1 saturated heterocycles. The molecule has 0 amide bonds. The van der Waals surface area contributed by atoms with Gasteiger partial charge in [-0.15, -0.1) is 0 Å². The fourth-order valence-electron chi connectivity index (χ4n) is 2.46. The standard InChI is InChI=1S/C18H24O5/c1-12-8-7-9-13(14-10-5-6-11-21-14)16(15(12)19)22-17(20)23-18(2,3)4/h7-9,14H,5-6,10-11H2,1-4H3. The van der Waals surface area contributed by atoms with Crippen molar-refractivity contribution in [2.75, 3.05) is 6.61 Å². The fourth-order valence-corrected chi connectivity index (χ4v) is 2.46. The van der Waals surface area contributed by atoms with Crippen LogP contribution in [0.1, 0.15) is 57.3 Å². The summed E-state index contributed by atoms with van der Waals surface area (Å²) in [5.41, 5.74) is 0.109. The Bertz CT molecular complexity index is 624. The van der Waals surface area contributed by atoms with E-state index in [0.717, 1.165) is 19.3 Å². The Morgan fingerprint density at radius 1 is 1.26 bits per heavy atom. The maximum atomic E-state index is 12.5. The second kappa shape index (κ2) is 7.13. The van der Waals surface area contributed by atoms with E-state index in [4.69, 9.17) is 14.2 Å². The molecule has 0 bridgehead atoms. The van der Waals surface area contributed by atoms with Crippen LogP contribution < -0.4 is 10.2 Å². The van der Waals surface area contributed by atoms with Crippen LogP contribution in [0, 0.1) is 6.92 Å². The average molecular weight is 320 g/mol. The predicted octanol–water partition coefficient (Wildman–Crippen LogP) is 3.91. The van der Waals surface area contributed by atoms with Crippen LogP contribution >= 0.6 is 0 Å². The molecule has 1 aliphatic heterocycles. The minimum atomic E-state index is -0.878. The molecule has 1 aliphatic rings. The molecule has 1 aromatic rings. The van der Waals surface area contributed by atoms with Crippen molar-refractivity contribution >= 4 is 6.16 Å². The molecule has 5 nitrogen and oxygen atoms in total. The van der Waals surface area contributed by atoms with Gasteiger partial charge in [0.05, 0.1) is 6.10 Å². The quantitative estimate of drug-likeness (QED) is 0.773. The fraction of sp³-hybridized carbons (Fsp3) is 0.556. The summed E-state index contributed by atoms with van der Waals surface area (Å²) in [5.74, 6) is 0.00801. The minimum Gasteiger partial charge on any atom is -0.428 e. The zero-order valence-electron chi connectivity index (χ0n) is 14.2. The molecule has 0 N–H and O–H groups in total. The highest BCUT2D eigenvalue weighted by atomic mass is 16.7. The van der Waals surface area contributed by atoms with Crippen LogP contribution in [0.15, 0.2) is 23.0 Å². The molecule has 0 saturated carbocycles. The number of carbonyl (C=O) groups is 1. The van der Waals surface area contributed by atoms with E-state index < -0.39 is 11.8 Å². The number of aryl methyl sites for hydroxylation is 1. The summed E-state index contributed by atoms with van der Waals surface area (Å²) in [5, 5.41) is 0. The van der Waals surface area contributed by atoms with Crippen LogP contribution in [-0.4, -0.2) is 18.4 Å². The average Bonchev–Trinajstić information content (AvgIpc) is 2.60. The molecular weight excluding hydrogens is 296 g/mol. The van der Waals surface area contributed by atoms with Gasteiger partial charge in [-0.05, 0) is 47.0 Å². The second-order valence-corrected chi connectivity index (χ2v) is 6.74. The first-order valence-corrected chi connectivity index (χ1v) is 7.94. The molecule has 0 aliphatic carbocycles. The van der Waals surface area contributed by atoms with Gasteiger partial charge in [0.25, 0.3) is 0 Å². The molecule has 1 unspecified atom stereocenters. The third-order valence-corrected chi connectivity index (χ3v) is 3.55. The Hall–Kier alpha value is -1.88. The normalized spacial score (nSPS) is 18.3. The van der Waals surface area contributed by atoms with Gasteiger partial charge in [-0.2, -0.15) is 0 Å². The highest BCUT2D eigenvalue weighted by molar-refractivity contribution is 5.65. The van der Waals surface area contributed by atoms with E-state index in [1.165, 1.54) is 0 Å². The molecule has 1 heterocycles. The lowest BCUT2D eigenvalue weighted by molar-refractivity contribution is 0.00817. The minimum absolute atomic E-state index is 0.00801. The van der Waals surface area contributed by atoms with Gasteiger partial charge in [0.1, 0.15) is 5.60 Å². The Labute approximate surface area is 136 Å². The van der Waals surface area contributed by atoms with E-state index in [9.17, 15) is 9.59 Å². The summed E-state index contributed by atoms with van der Waals surface area (Å²) in [6, 6.07) is 5.27. The Kier molecular flexibility index (Phi) is 5.42. The van der Waals surface area contributed by atoms with Crippen LogP contribution in [0.5, 0.6) is 5.75 Å². The Balaban J connectivity index is 2.39. The van der Waals surface area contributed by atoms with Crippen LogP contribution in [0.3, 0.4) is 0 Å². The molecular formula is C18H24O5. The van der Waals surface area contributed by atoms with Gasteiger partial charge < -0.3 is 14.2 Å². The highest BCUT2D eigenvalue weighted by Gasteiger charge is 2.25. The van der Waals surface area contributed by atoms with Crippen LogP contribution in [0.2, 0.25) is 0 Å². The summed E-state index contributed by atoms with van der Waals surface area (Å²) in [7, 11) is 0. The highest BCUT2D eigenvalue weighted by Crippen LogP contribution is 2.32. The molecule has 1 atom stereocenters. The van der Waals surface area contributed by atoms with Crippen LogP contribution in [0.25, 0.3) is 0 Å². The summed E-state index contributed by atoms with van der Waals surface area (Å²) in [4.78, 5) is 24.5. The summed E-state index contributed by atoms with van der Waals surface area (Å²) in [6.07, 6.45) is 1.70. The van der Waals surface area contributed by atoms with Gasteiger partial charge >= 0.3 is 6.16 Å². The smallest absolute Gasteiger partial charge is 0.428 e. The van der Waals surface area contributed by atoms with Gasteiger partial charge in [0.2, 0.25) is 5.43 Å². The van der Waals surface area contributed by atoms with Crippen molar-refractivity contribution in [2.45, 2.75) is 58.7 Å². The van der Waals surface area contributed by atoms with Crippen molar-refractivity contribution in [3.8, 4) is 5.75 Å². The number of hydrogen-bond acceptors (Lipinski definition) is 5. The van der Waals surface area contributed by atoms with Gasteiger partial charge in [-0.25, -0.2) is 4.79 Å². The lowest BCUT2D eigenvalue weighted by atomic mass is 10.0. The number of hydrogen-bond donors (Lipinski definition) is 0. The molecule has 1 aromatic carbocycles. The molecule has 5 heteroatoms. The van der Waals surface area contributed by atoms with E-state index in [0.29, 0.717) is 17.7 Å². The van der Waals surface area contributed by atoms with E-state index in [2.05, 4.69) is 0 Å². The first-order chi connectivity index (χ1) is 10.8. The number of carbonyl (C=O) groups excluding carboxylic acids is 1. The van der Waals surface area contributed by atoms with E-state index in [1.54, 1.807) is 45.9 Å². The van der Waals surface area contributed by atoms with Gasteiger partial charge in [0, 0.05) is 17.7 Å². The molecule has 0 spiro atoms. The lowest BCUT2D eigenvalue weighted by Crippen LogP contribution is -2.28. The molecule has 0 radical (unpaired) electrons. The van der Waals surface area contributed by atoms with Gasteiger partial charge in [0.15, 0.2) is 5.75 Å². The maximum absolute atomic E-state index is 12.5. The van der Waals surface area contributed by atoms with Crippen molar-refractivity contribution in [1.29, 1.82) is 0 Å². The molecule has 0 aromatic heterocycles. The van der Waals surface area contributed by atoms with Crippen molar-refractivity contribution in [1.82, 2.24) is 0 Å². The Morgan fingerprint density at radius 3 is 2.61 bits per heavy atom. The Morgan fingerprint density at radius 2 is 2.00 bits per heavy atom. The third kappa shape index (κ3) is 4.79. The van der Waals surface area contributed by atoms with Crippen LogP contribution in [-0.2, 0) is 9.47 Å². The van der Waals surface area contributed by atoms with E-state index >= 15 is 0 Å². The zero-order valence-corrected chi connectivity index (χ0v) is 14.2. The van der Waals surface area contributed by atoms with Crippen molar-refractivity contribution in [2.24, 2.45) is 0 Å². The van der Waals surface area contributed by atoms with Crippen molar-refractivity contribution in [3.63, 3.8) is 0 Å². The van der Waals surface area contributed by atoms with E-state index in [1.807, 2.05) is 0 Å². The predicted molar refractivity (Wildman–Crippen MR) is 86.9 cm³/mol. The molecule has 2 rings (SSSR count). The van der Waals surface area contributed by atoms with Gasteiger partial charge in [-0.1, -0.05) is 18.2 Å². The first-order valence-electron chi connectivity index (χ1n) is 7.94. The maximum Gasteiger partial charge on any atom is 0.514 e. The zero-order chi connectivity index (χ0) is 17.0. The second-order valence-electron chi connectivity index (χ2n) is 6.74. The molecule has 23 heavy (non-hydrogen) atoms. The van der Waals surface area contributed by atoms with Gasteiger partial charge in [-0.3, -0.25) is 4.79 Å². The number of rotatable bonds is 2. The largest absolute Gasteiger partial charge is 0.514 e. The summed E-state index contributed by atoms with van der Waals surface area (Å²) >= 11 is 0. The monoisotopic (exact) mass is 320 g/mol. The van der Waals surface area contributed by atoms with Crippen molar-refractivity contribution < 1.29 is 19.0 Å². The summed E-state index contributed by atoms with van der Waals surface area (Å²) < 4.78 is 16.2. The first kappa shape index (κ1) is 17.5. The number of ether oxygens (including phenoxy) is 3. The van der Waals surface area contributed by atoms with Crippen LogP contribution in [0.4, 0.5) is 4.79 Å². The SMILES string of the molecule is Cc1cccc(C2CCCCO2)c(OC(=O)OC(C)(C)C)c1=O. The third-order valence-electron chi connectivity index (χ3n) is 3.55. The summed E-state index contributed by atoms with van der Waals surface area (Å²) in [6.45, 7) is 7.56. The molecule has 1 fully saturated rings. The van der Waals surface area contributed by atoms with Crippen molar-refractivity contribution in [3.05, 3.63) is 39.5 Å².